The van der Waals surface area contributed by atoms with Gasteiger partial charge in [-0.25, -0.2) is 0 Å². The predicted molar refractivity (Wildman–Crippen MR) is 80.2 cm³/mol. The summed E-state index contributed by atoms with van der Waals surface area (Å²) in [6.45, 7) is 0. The van der Waals surface area contributed by atoms with Gasteiger partial charge in [0.25, 0.3) is 0 Å². The number of aryl methyl sites for hydroxylation is 1. The molecule has 0 radical (unpaired) electrons. The molecule has 0 amide bonds. The highest BCUT2D eigenvalue weighted by molar-refractivity contribution is 6.30. The van der Waals surface area contributed by atoms with Crippen LogP contribution in [0.4, 0.5) is 0 Å². The summed E-state index contributed by atoms with van der Waals surface area (Å²) >= 11 is 5.85. The van der Waals surface area contributed by atoms with Gasteiger partial charge in [0.2, 0.25) is 0 Å². The number of carbonyl (C=O) groups is 1. The molecular formula is C17H13ClO2. The highest BCUT2D eigenvalue weighted by Gasteiger charge is 2.21. The van der Waals surface area contributed by atoms with Gasteiger partial charge in [0, 0.05) is 16.2 Å². The van der Waals surface area contributed by atoms with Crippen molar-refractivity contribution in [1.29, 1.82) is 0 Å². The van der Waals surface area contributed by atoms with Crippen LogP contribution in [0.2, 0.25) is 5.02 Å². The van der Waals surface area contributed by atoms with Crippen LogP contribution in [0.15, 0.2) is 48.0 Å². The van der Waals surface area contributed by atoms with Gasteiger partial charge in [0.1, 0.15) is 5.75 Å². The van der Waals surface area contributed by atoms with Crippen LogP contribution < -0.4 is 0 Å². The van der Waals surface area contributed by atoms with E-state index >= 15 is 0 Å². The third-order valence-electron chi connectivity index (χ3n) is 3.50. The minimum absolute atomic E-state index is 0.0428. The lowest BCUT2D eigenvalue weighted by Gasteiger charge is -2.17. The van der Waals surface area contributed by atoms with Crippen molar-refractivity contribution < 1.29 is 9.90 Å². The van der Waals surface area contributed by atoms with E-state index in [0.29, 0.717) is 17.0 Å². The van der Waals surface area contributed by atoms with Crippen LogP contribution in [0.1, 0.15) is 27.9 Å². The summed E-state index contributed by atoms with van der Waals surface area (Å²) in [5.41, 5.74) is 3.38. The maximum Gasteiger partial charge on any atom is 0.189 e. The van der Waals surface area contributed by atoms with Gasteiger partial charge in [-0.2, -0.15) is 0 Å². The predicted octanol–water partition coefficient (Wildman–Crippen LogP) is 4.26. The van der Waals surface area contributed by atoms with Crippen molar-refractivity contribution in [3.63, 3.8) is 0 Å². The fourth-order valence-corrected chi connectivity index (χ4v) is 2.59. The highest BCUT2D eigenvalue weighted by Crippen LogP contribution is 2.29. The average Bonchev–Trinajstić information content (AvgIpc) is 2.44. The zero-order chi connectivity index (χ0) is 14.1. The zero-order valence-electron chi connectivity index (χ0n) is 10.8. The van der Waals surface area contributed by atoms with E-state index in [-0.39, 0.29) is 11.5 Å². The fourth-order valence-electron chi connectivity index (χ4n) is 2.46. The van der Waals surface area contributed by atoms with Crippen LogP contribution in [-0.2, 0) is 6.42 Å². The molecule has 20 heavy (non-hydrogen) atoms. The van der Waals surface area contributed by atoms with E-state index in [9.17, 15) is 9.90 Å². The molecule has 1 aliphatic rings. The average molecular weight is 285 g/mol. The van der Waals surface area contributed by atoms with E-state index in [4.69, 9.17) is 11.6 Å². The molecule has 0 saturated heterocycles. The van der Waals surface area contributed by atoms with E-state index in [1.54, 1.807) is 18.2 Å². The first kappa shape index (κ1) is 12.9. The van der Waals surface area contributed by atoms with Crippen LogP contribution in [0.3, 0.4) is 0 Å². The summed E-state index contributed by atoms with van der Waals surface area (Å²) in [5, 5.41) is 10.1. The molecule has 0 fully saturated rings. The molecule has 2 aromatic carbocycles. The third kappa shape index (κ3) is 2.47. The lowest BCUT2D eigenvalue weighted by atomic mass is 9.86. The Hall–Kier alpha value is -2.06. The van der Waals surface area contributed by atoms with Crippen LogP contribution in [0.5, 0.6) is 5.75 Å². The first-order valence-corrected chi connectivity index (χ1v) is 6.84. The van der Waals surface area contributed by atoms with E-state index < -0.39 is 0 Å². The largest absolute Gasteiger partial charge is 0.508 e. The molecule has 0 atom stereocenters. The van der Waals surface area contributed by atoms with E-state index in [1.807, 2.05) is 30.3 Å². The minimum atomic E-state index is 0.0428. The molecule has 0 unspecified atom stereocenters. The molecule has 2 nitrogen and oxygen atoms in total. The van der Waals surface area contributed by atoms with Crippen LogP contribution in [-0.4, -0.2) is 10.9 Å². The van der Waals surface area contributed by atoms with E-state index in [0.717, 1.165) is 23.1 Å². The Morgan fingerprint density at radius 3 is 2.55 bits per heavy atom. The first-order chi connectivity index (χ1) is 9.63. The molecule has 0 heterocycles. The number of Topliss-reactive ketones (excluding diaryl/α,β-unsaturated/α-hetero) is 1. The molecular weight excluding hydrogens is 272 g/mol. The topological polar surface area (TPSA) is 37.3 Å². The maximum atomic E-state index is 12.4. The van der Waals surface area contributed by atoms with Crippen molar-refractivity contribution in [2.75, 3.05) is 0 Å². The van der Waals surface area contributed by atoms with Crippen molar-refractivity contribution in [3.8, 4) is 5.75 Å². The standard InChI is InChI=1S/C17H13ClO2/c18-14-5-1-11(2-6-14)9-13-4-3-12-10-15(19)7-8-16(12)17(13)20/h1-2,5-10,19H,3-4H2. The third-order valence-corrected chi connectivity index (χ3v) is 3.75. The Kier molecular flexibility index (Phi) is 3.33. The van der Waals surface area contributed by atoms with Crippen molar-refractivity contribution in [2.45, 2.75) is 12.8 Å². The number of phenolic OH excluding ortho intramolecular Hbond substituents is 1. The van der Waals surface area contributed by atoms with Gasteiger partial charge in [-0.05, 0) is 60.4 Å². The molecule has 2 aromatic rings. The Morgan fingerprint density at radius 2 is 1.80 bits per heavy atom. The van der Waals surface area contributed by atoms with Crippen molar-refractivity contribution in [1.82, 2.24) is 0 Å². The van der Waals surface area contributed by atoms with Gasteiger partial charge >= 0.3 is 0 Å². The molecule has 0 bridgehead atoms. The number of ketones is 1. The molecule has 0 saturated carbocycles. The summed E-state index contributed by atoms with van der Waals surface area (Å²) in [5.74, 6) is 0.253. The fraction of sp³-hybridized carbons (Fsp3) is 0.118. The number of carbonyl (C=O) groups excluding carboxylic acids is 1. The lowest BCUT2D eigenvalue weighted by Crippen LogP contribution is -2.13. The summed E-state index contributed by atoms with van der Waals surface area (Å²) in [7, 11) is 0. The number of fused-ring (bicyclic) bond motifs is 1. The summed E-state index contributed by atoms with van der Waals surface area (Å²) in [6.07, 6.45) is 3.38. The number of aromatic hydroxyl groups is 1. The monoisotopic (exact) mass is 284 g/mol. The quantitative estimate of drug-likeness (QED) is 0.795. The number of rotatable bonds is 1. The molecule has 0 spiro atoms. The number of benzene rings is 2. The second-order valence-electron chi connectivity index (χ2n) is 4.89. The normalized spacial score (nSPS) is 16.2. The molecule has 1 aliphatic carbocycles. The number of hydrogen-bond donors (Lipinski definition) is 1. The smallest absolute Gasteiger partial charge is 0.189 e. The van der Waals surface area contributed by atoms with Crippen molar-refractivity contribution in [3.05, 3.63) is 69.8 Å². The van der Waals surface area contributed by atoms with Crippen LogP contribution >= 0.6 is 11.6 Å². The minimum Gasteiger partial charge on any atom is -0.508 e. The molecule has 0 aromatic heterocycles. The second kappa shape index (κ2) is 5.14. The van der Waals surface area contributed by atoms with E-state index in [2.05, 4.69) is 0 Å². The van der Waals surface area contributed by atoms with E-state index in [1.165, 1.54) is 0 Å². The SMILES string of the molecule is O=C1C(=Cc2ccc(Cl)cc2)CCc2cc(O)ccc21. The summed E-state index contributed by atoms with van der Waals surface area (Å²) in [4.78, 5) is 12.4. The lowest BCUT2D eigenvalue weighted by molar-refractivity contribution is 0.102. The van der Waals surface area contributed by atoms with Gasteiger partial charge in [0.15, 0.2) is 5.78 Å². The van der Waals surface area contributed by atoms with Gasteiger partial charge in [-0.1, -0.05) is 23.7 Å². The molecule has 0 aliphatic heterocycles. The van der Waals surface area contributed by atoms with Gasteiger partial charge in [-0.15, -0.1) is 0 Å². The van der Waals surface area contributed by atoms with Gasteiger partial charge in [-0.3, -0.25) is 4.79 Å². The number of allylic oxidation sites excluding steroid dienone is 1. The summed E-state index contributed by atoms with van der Waals surface area (Å²) < 4.78 is 0. The van der Waals surface area contributed by atoms with Gasteiger partial charge < -0.3 is 5.11 Å². The van der Waals surface area contributed by atoms with Crippen LogP contribution in [0, 0.1) is 0 Å². The molecule has 1 N–H and O–H groups in total. The number of phenols is 1. The highest BCUT2D eigenvalue weighted by atomic mass is 35.5. The van der Waals surface area contributed by atoms with Crippen LogP contribution in [0.25, 0.3) is 6.08 Å². The molecule has 100 valence electrons. The Morgan fingerprint density at radius 1 is 1.05 bits per heavy atom. The first-order valence-electron chi connectivity index (χ1n) is 6.46. The Labute approximate surface area is 122 Å². The number of halogens is 1. The molecule has 3 rings (SSSR count). The zero-order valence-corrected chi connectivity index (χ0v) is 11.5. The van der Waals surface area contributed by atoms with Crippen molar-refractivity contribution >= 4 is 23.5 Å². The second-order valence-corrected chi connectivity index (χ2v) is 5.33. The Bertz CT molecular complexity index is 699. The van der Waals surface area contributed by atoms with Gasteiger partial charge in [0.05, 0.1) is 0 Å². The number of hydrogen-bond acceptors (Lipinski definition) is 2. The van der Waals surface area contributed by atoms with Crippen molar-refractivity contribution in [2.24, 2.45) is 0 Å². The maximum absolute atomic E-state index is 12.4. The molecule has 3 heteroatoms. The summed E-state index contributed by atoms with van der Waals surface area (Å²) in [6, 6.07) is 12.3. The Balaban J connectivity index is 1.95.